The van der Waals surface area contributed by atoms with Gasteiger partial charge in [0.05, 0.1) is 10.1 Å². The molecule has 4 nitrogen and oxygen atoms in total. The van der Waals surface area contributed by atoms with E-state index in [1.165, 1.54) is 13.0 Å². The van der Waals surface area contributed by atoms with Crippen LogP contribution in [-0.2, 0) is 9.59 Å². The number of hydrogen-bond acceptors (Lipinski definition) is 4. The van der Waals surface area contributed by atoms with Crippen LogP contribution in [0.2, 0.25) is 0 Å². The molecular weight excluding hydrogens is 472 g/mol. The van der Waals surface area contributed by atoms with Gasteiger partial charge in [0.15, 0.2) is 11.1 Å². The first kappa shape index (κ1) is 31.8. The van der Waals surface area contributed by atoms with Crippen molar-refractivity contribution < 1.29 is 18.4 Å². The van der Waals surface area contributed by atoms with E-state index in [4.69, 9.17) is 15.7 Å². The highest BCUT2D eigenvalue weighted by atomic mass is 32.2. The molecule has 2 amide bonds. The minimum absolute atomic E-state index is 0.0937. The fourth-order valence-corrected chi connectivity index (χ4v) is 3.74. The van der Waals surface area contributed by atoms with Gasteiger partial charge in [-0.2, -0.15) is 0 Å². The van der Waals surface area contributed by atoms with Crippen molar-refractivity contribution in [2.75, 3.05) is 0 Å². The number of rotatable bonds is 16. The quantitative estimate of drug-likeness (QED) is 0.125. The van der Waals surface area contributed by atoms with Crippen molar-refractivity contribution in [3.63, 3.8) is 0 Å². The molecule has 0 aromatic carbocycles. The molecule has 0 fully saturated rings. The third-order valence-electron chi connectivity index (χ3n) is 4.58. The average molecular weight is 502 g/mol. The number of nitrogens with one attached hydrogen (secondary N) is 2. The van der Waals surface area contributed by atoms with E-state index in [2.05, 4.69) is 50.1 Å². The first-order valence-corrected chi connectivity index (χ1v) is 11.9. The number of amides is 2. The Labute approximate surface area is 213 Å². The van der Waals surface area contributed by atoms with Gasteiger partial charge in [0.25, 0.3) is 11.8 Å². The third-order valence-corrected chi connectivity index (χ3v) is 6.27. The molecule has 0 aliphatic heterocycles. The number of allylic oxidation sites excluding steroid dienone is 4. The zero-order valence-electron chi connectivity index (χ0n) is 19.8. The van der Waals surface area contributed by atoms with Crippen molar-refractivity contribution in [1.29, 1.82) is 0 Å². The van der Waals surface area contributed by atoms with E-state index in [0.29, 0.717) is 17.7 Å². The van der Waals surface area contributed by atoms with E-state index in [1.807, 2.05) is 0 Å². The van der Waals surface area contributed by atoms with Crippen molar-refractivity contribution in [2.45, 2.75) is 50.7 Å². The number of carbonyl (C=O) groups is 2. The Morgan fingerprint density at radius 3 is 1.62 bits per heavy atom. The van der Waals surface area contributed by atoms with E-state index < -0.39 is 23.0 Å². The normalized spacial score (nSPS) is 14.6. The standard InChI is InChI=1S/C24H30B2F2N2O2S2/c1-9-15(3)23(25,27)21(31)29-19(7)33-17(5)13-11-12-14-18(6)34-20(8)30-22(32)24(26,28)16(4)10-2/h9-10H,1,3,5-8,11-14H2,2,4H3,(H,29,31)(H,30,32)/b16-10+. The number of hydrogen-bond donors (Lipinski definition) is 2. The maximum atomic E-state index is 14.3. The molecule has 2 N–H and O–H groups in total. The lowest BCUT2D eigenvalue weighted by molar-refractivity contribution is -0.126. The van der Waals surface area contributed by atoms with E-state index in [1.54, 1.807) is 6.92 Å². The lowest BCUT2D eigenvalue weighted by Gasteiger charge is -2.22. The summed E-state index contributed by atoms with van der Waals surface area (Å²) in [6.07, 6.45) is 5.23. The van der Waals surface area contributed by atoms with Gasteiger partial charge >= 0.3 is 0 Å². The predicted molar refractivity (Wildman–Crippen MR) is 144 cm³/mol. The molecule has 0 saturated heterocycles. The molecule has 0 aliphatic rings. The first-order chi connectivity index (χ1) is 15.6. The van der Waals surface area contributed by atoms with Crippen LogP contribution in [0.15, 0.2) is 82.6 Å². The van der Waals surface area contributed by atoms with Crippen LogP contribution in [0.5, 0.6) is 0 Å². The summed E-state index contributed by atoms with van der Waals surface area (Å²) >= 11 is 2.24. The Bertz CT molecular complexity index is 857. The van der Waals surface area contributed by atoms with Gasteiger partial charge in [-0.25, -0.2) is 8.78 Å². The number of thioether (sulfide) groups is 2. The molecule has 0 bridgehead atoms. The minimum Gasteiger partial charge on any atom is -0.319 e. The predicted octanol–water partition coefficient (Wildman–Crippen LogP) is 5.59. The van der Waals surface area contributed by atoms with Crippen molar-refractivity contribution in [3.05, 3.63) is 82.6 Å². The Hall–Kier alpha value is -2.19. The van der Waals surface area contributed by atoms with E-state index in [9.17, 15) is 18.4 Å². The summed E-state index contributed by atoms with van der Waals surface area (Å²) in [6, 6.07) is 0. The van der Waals surface area contributed by atoms with Crippen LogP contribution < -0.4 is 10.6 Å². The van der Waals surface area contributed by atoms with Crippen LogP contribution in [0.3, 0.4) is 0 Å². The van der Waals surface area contributed by atoms with Crippen molar-refractivity contribution in [3.8, 4) is 0 Å². The first-order valence-electron chi connectivity index (χ1n) is 10.2. The topological polar surface area (TPSA) is 58.2 Å². The van der Waals surface area contributed by atoms with Gasteiger partial charge in [0.2, 0.25) is 0 Å². The summed E-state index contributed by atoms with van der Waals surface area (Å²) in [4.78, 5) is 25.4. The molecular formula is C24H30B2F2N2O2S2. The van der Waals surface area contributed by atoms with Gasteiger partial charge in [-0.3, -0.25) is 9.59 Å². The van der Waals surface area contributed by atoms with Crippen molar-refractivity contribution in [2.24, 2.45) is 0 Å². The molecule has 2 atom stereocenters. The molecule has 0 aromatic heterocycles. The summed E-state index contributed by atoms with van der Waals surface area (Å²) in [6.45, 7) is 24.9. The molecule has 0 spiro atoms. The van der Waals surface area contributed by atoms with E-state index >= 15 is 0 Å². The molecule has 2 unspecified atom stereocenters. The highest BCUT2D eigenvalue weighted by molar-refractivity contribution is 8.06. The highest BCUT2D eigenvalue weighted by Gasteiger charge is 2.35. The van der Waals surface area contributed by atoms with Gasteiger partial charge in [0.1, 0.15) is 15.7 Å². The summed E-state index contributed by atoms with van der Waals surface area (Å²) in [5, 5.41) is 5.05. The van der Waals surface area contributed by atoms with Gasteiger partial charge < -0.3 is 10.6 Å². The summed E-state index contributed by atoms with van der Waals surface area (Å²) < 4.78 is 28.5. The Morgan fingerprint density at radius 2 is 1.26 bits per heavy atom. The fraction of sp³-hybridized carbons (Fsp3) is 0.333. The Balaban J connectivity index is 4.35. The maximum Gasteiger partial charge on any atom is 0.256 e. The summed E-state index contributed by atoms with van der Waals surface area (Å²) in [7, 11) is 10.8. The number of carbonyl (C=O) groups excluding carboxylic acids is 2. The smallest absolute Gasteiger partial charge is 0.256 e. The summed E-state index contributed by atoms with van der Waals surface area (Å²) in [5.74, 6) is -2.09. The average Bonchev–Trinajstić information content (AvgIpc) is 2.74. The van der Waals surface area contributed by atoms with Crippen LogP contribution in [0.25, 0.3) is 0 Å². The highest BCUT2D eigenvalue weighted by Crippen LogP contribution is 2.30. The lowest BCUT2D eigenvalue weighted by atomic mass is 9.77. The third kappa shape index (κ3) is 10.4. The minimum atomic E-state index is -2.78. The molecule has 180 valence electrons. The molecule has 34 heavy (non-hydrogen) atoms. The lowest BCUT2D eigenvalue weighted by Crippen LogP contribution is -2.44. The second-order valence-corrected chi connectivity index (χ2v) is 9.92. The van der Waals surface area contributed by atoms with Crippen LogP contribution in [-0.4, -0.2) is 38.6 Å². The maximum absolute atomic E-state index is 14.3. The van der Waals surface area contributed by atoms with E-state index in [-0.39, 0.29) is 21.2 Å². The van der Waals surface area contributed by atoms with Gasteiger partial charge in [-0.15, -0.1) is 0 Å². The number of alkyl halides is 2. The molecule has 0 aliphatic carbocycles. The van der Waals surface area contributed by atoms with Gasteiger partial charge in [-0.05, 0) is 60.5 Å². The zero-order valence-corrected chi connectivity index (χ0v) is 21.4. The Morgan fingerprint density at radius 1 is 0.882 bits per heavy atom. The molecule has 0 rings (SSSR count). The van der Waals surface area contributed by atoms with Gasteiger partial charge in [-0.1, -0.05) is 75.1 Å². The van der Waals surface area contributed by atoms with Gasteiger partial charge in [0, 0.05) is 0 Å². The largest absolute Gasteiger partial charge is 0.319 e. The molecule has 0 aromatic rings. The second kappa shape index (κ2) is 14.3. The molecule has 4 radical (unpaired) electrons. The number of halogens is 2. The number of unbranched alkanes of at least 4 members (excludes halogenated alkanes) is 1. The SMILES string of the molecule is [B]C(F)(C(=C)C=C)C(=O)NC(=C)SC(=C)CCCCC(=C)SC(=C)NC(=O)C([B])(F)/C(C)=C/C. The molecule has 0 heterocycles. The van der Waals surface area contributed by atoms with Crippen molar-refractivity contribution >= 4 is 51.0 Å². The van der Waals surface area contributed by atoms with Crippen LogP contribution in [0.4, 0.5) is 8.78 Å². The second-order valence-electron chi connectivity index (χ2n) is 7.37. The molecule has 10 heteroatoms. The fourth-order valence-electron chi connectivity index (χ4n) is 2.26. The van der Waals surface area contributed by atoms with Crippen LogP contribution in [0, 0.1) is 0 Å². The monoisotopic (exact) mass is 502 g/mol. The van der Waals surface area contributed by atoms with Crippen LogP contribution >= 0.6 is 23.5 Å². The molecule has 0 saturated carbocycles. The van der Waals surface area contributed by atoms with Crippen molar-refractivity contribution in [1.82, 2.24) is 10.6 Å². The van der Waals surface area contributed by atoms with Crippen LogP contribution in [0.1, 0.15) is 39.5 Å². The van der Waals surface area contributed by atoms with E-state index in [0.717, 1.165) is 47.3 Å². The Kier molecular flexibility index (Phi) is 13.3. The zero-order chi connectivity index (χ0) is 26.7. The summed E-state index contributed by atoms with van der Waals surface area (Å²) in [5.41, 5.74) is -5.57.